The van der Waals surface area contributed by atoms with Crippen molar-refractivity contribution in [2.45, 2.75) is 19.9 Å². The largest absolute Gasteiger partial charge is 0.495 e. The summed E-state index contributed by atoms with van der Waals surface area (Å²) in [6, 6.07) is 4.04. The van der Waals surface area contributed by atoms with E-state index in [1.54, 1.807) is 13.8 Å². The van der Waals surface area contributed by atoms with Crippen molar-refractivity contribution in [2.24, 2.45) is 0 Å². The van der Waals surface area contributed by atoms with Crippen molar-refractivity contribution in [1.29, 1.82) is 0 Å². The molecule has 7 heteroatoms. The third kappa shape index (κ3) is 4.41. The number of ether oxygens (including phenoxy) is 1. The number of aromatic carboxylic acids is 1. The van der Waals surface area contributed by atoms with Crippen molar-refractivity contribution in [3.8, 4) is 5.75 Å². The molecule has 20 heavy (non-hydrogen) atoms. The number of methoxy groups -OCH3 is 1. The highest BCUT2D eigenvalue weighted by atomic mass is 32.2. The minimum Gasteiger partial charge on any atom is -0.495 e. The predicted octanol–water partition coefficient (Wildman–Crippen LogP) is 1.63. The SMILES string of the molecule is CCS(=O)(=O)CC(C)Nc1cc(C(=O)O)ccc1OC. The molecule has 0 aromatic heterocycles. The van der Waals surface area contributed by atoms with Gasteiger partial charge in [-0.1, -0.05) is 6.92 Å². The van der Waals surface area contributed by atoms with Gasteiger partial charge >= 0.3 is 5.97 Å². The van der Waals surface area contributed by atoms with Gasteiger partial charge in [0.25, 0.3) is 0 Å². The van der Waals surface area contributed by atoms with Crippen LogP contribution in [0.4, 0.5) is 5.69 Å². The minimum atomic E-state index is -3.10. The molecular weight excluding hydrogens is 282 g/mol. The van der Waals surface area contributed by atoms with Crippen LogP contribution in [0.15, 0.2) is 18.2 Å². The fourth-order valence-electron chi connectivity index (χ4n) is 1.76. The Bertz CT molecular complexity index is 582. The van der Waals surface area contributed by atoms with Gasteiger partial charge in [0, 0.05) is 11.8 Å². The zero-order chi connectivity index (χ0) is 15.3. The number of hydrogen-bond acceptors (Lipinski definition) is 5. The standard InChI is InChI=1S/C13H19NO5S/c1-4-20(17,18)8-9(2)14-11-7-10(13(15)16)5-6-12(11)19-3/h5-7,9,14H,4,8H2,1-3H3,(H,15,16). The van der Waals surface area contributed by atoms with Gasteiger partial charge in [-0.05, 0) is 25.1 Å². The lowest BCUT2D eigenvalue weighted by molar-refractivity contribution is 0.0697. The molecule has 1 aromatic carbocycles. The molecule has 0 saturated heterocycles. The van der Waals surface area contributed by atoms with E-state index >= 15 is 0 Å². The number of sulfone groups is 1. The number of rotatable bonds is 7. The second-order valence-corrected chi connectivity index (χ2v) is 6.86. The van der Waals surface area contributed by atoms with E-state index in [9.17, 15) is 13.2 Å². The molecule has 0 amide bonds. The van der Waals surface area contributed by atoms with Crippen LogP contribution < -0.4 is 10.1 Å². The average molecular weight is 301 g/mol. The summed E-state index contributed by atoms with van der Waals surface area (Å²) in [5.41, 5.74) is 0.574. The second kappa shape index (κ2) is 6.60. The molecule has 2 N–H and O–H groups in total. The highest BCUT2D eigenvalue weighted by molar-refractivity contribution is 7.91. The van der Waals surface area contributed by atoms with E-state index in [0.29, 0.717) is 11.4 Å². The van der Waals surface area contributed by atoms with Crippen molar-refractivity contribution in [1.82, 2.24) is 0 Å². The summed E-state index contributed by atoms with van der Waals surface area (Å²) in [5, 5.41) is 11.9. The van der Waals surface area contributed by atoms with Gasteiger partial charge in [-0.2, -0.15) is 0 Å². The first-order valence-electron chi connectivity index (χ1n) is 6.17. The van der Waals surface area contributed by atoms with Crippen LogP contribution >= 0.6 is 0 Å². The Kier molecular flexibility index (Phi) is 5.38. The van der Waals surface area contributed by atoms with Gasteiger partial charge in [-0.25, -0.2) is 13.2 Å². The first-order chi connectivity index (χ1) is 9.29. The zero-order valence-electron chi connectivity index (χ0n) is 11.7. The molecule has 0 aliphatic carbocycles. The van der Waals surface area contributed by atoms with Crippen LogP contribution in [0.2, 0.25) is 0 Å². The third-order valence-corrected chi connectivity index (χ3v) is 4.68. The van der Waals surface area contributed by atoms with Gasteiger partial charge in [-0.15, -0.1) is 0 Å². The van der Waals surface area contributed by atoms with Gasteiger partial charge in [0.1, 0.15) is 5.75 Å². The molecule has 1 aromatic rings. The summed E-state index contributed by atoms with van der Waals surface area (Å²) in [7, 11) is -1.64. The highest BCUT2D eigenvalue weighted by Crippen LogP contribution is 2.26. The maximum Gasteiger partial charge on any atom is 0.335 e. The van der Waals surface area contributed by atoms with Crippen molar-refractivity contribution in [2.75, 3.05) is 23.9 Å². The molecule has 1 rings (SSSR count). The number of anilines is 1. The Hall–Kier alpha value is -1.76. The van der Waals surface area contributed by atoms with Gasteiger partial charge < -0.3 is 15.2 Å². The molecule has 0 saturated carbocycles. The van der Waals surface area contributed by atoms with E-state index in [4.69, 9.17) is 9.84 Å². The number of hydrogen-bond donors (Lipinski definition) is 2. The predicted molar refractivity (Wildman–Crippen MR) is 77.4 cm³/mol. The Morgan fingerprint density at radius 1 is 1.45 bits per heavy atom. The fourth-order valence-corrected chi connectivity index (χ4v) is 2.84. The van der Waals surface area contributed by atoms with Crippen molar-refractivity contribution in [3.63, 3.8) is 0 Å². The second-order valence-electron chi connectivity index (χ2n) is 4.46. The molecule has 0 aliphatic heterocycles. The first kappa shape index (κ1) is 16.3. The molecule has 0 heterocycles. The van der Waals surface area contributed by atoms with Gasteiger partial charge in [-0.3, -0.25) is 0 Å². The lowest BCUT2D eigenvalue weighted by Crippen LogP contribution is -2.27. The van der Waals surface area contributed by atoms with Crippen molar-refractivity contribution >= 4 is 21.5 Å². The Morgan fingerprint density at radius 2 is 2.10 bits per heavy atom. The smallest absolute Gasteiger partial charge is 0.335 e. The number of carboxylic acids is 1. The van der Waals surface area contributed by atoms with Gasteiger partial charge in [0.05, 0.1) is 24.1 Å². The van der Waals surface area contributed by atoms with Crippen LogP contribution in [0.3, 0.4) is 0 Å². The maximum atomic E-state index is 11.6. The Labute approximate surface area is 118 Å². The highest BCUT2D eigenvalue weighted by Gasteiger charge is 2.16. The lowest BCUT2D eigenvalue weighted by Gasteiger charge is -2.17. The molecule has 0 aliphatic rings. The molecule has 6 nitrogen and oxygen atoms in total. The van der Waals surface area contributed by atoms with Crippen LogP contribution in [0.1, 0.15) is 24.2 Å². The monoisotopic (exact) mass is 301 g/mol. The number of benzene rings is 1. The van der Waals surface area contributed by atoms with Crippen molar-refractivity contribution in [3.05, 3.63) is 23.8 Å². The van der Waals surface area contributed by atoms with Crippen LogP contribution in [-0.2, 0) is 9.84 Å². The lowest BCUT2D eigenvalue weighted by atomic mass is 10.1. The van der Waals surface area contributed by atoms with Crippen LogP contribution in [-0.4, -0.2) is 44.2 Å². The summed E-state index contributed by atoms with van der Waals surface area (Å²) in [4.78, 5) is 10.9. The number of carbonyl (C=O) groups is 1. The quantitative estimate of drug-likeness (QED) is 0.795. The van der Waals surface area contributed by atoms with E-state index in [0.717, 1.165) is 0 Å². The van der Waals surface area contributed by atoms with E-state index in [1.165, 1.54) is 25.3 Å². The Balaban J connectivity index is 2.95. The molecule has 0 radical (unpaired) electrons. The van der Waals surface area contributed by atoms with Crippen LogP contribution in [0, 0.1) is 0 Å². The maximum absolute atomic E-state index is 11.6. The number of nitrogens with one attached hydrogen (secondary N) is 1. The molecule has 0 spiro atoms. The van der Waals surface area contributed by atoms with Gasteiger partial charge in [0.2, 0.25) is 0 Å². The van der Waals surface area contributed by atoms with E-state index in [2.05, 4.69) is 5.32 Å². The Morgan fingerprint density at radius 3 is 2.60 bits per heavy atom. The summed E-state index contributed by atoms with van der Waals surface area (Å²) in [6.07, 6.45) is 0. The molecular formula is C13H19NO5S. The average Bonchev–Trinajstić information content (AvgIpc) is 2.37. The topological polar surface area (TPSA) is 92.7 Å². The fraction of sp³-hybridized carbons (Fsp3) is 0.462. The number of carboxylic acid groups (broad SMARTS) is 1. The van der Waals surface area contributed by atoms with E-state index < -0.39 is 15.8 Å². The molecule has 112 valence electrons. The van der Waals surface area contributed by atoms with Gasteiger partial charge in [0.15, 0.2) is 9.84 Å². The summed E-state index contributed by atoms with van der Waals surface area (Å²) in [6.45, 7) is 3.31. The van der Waals surface area contributed by atoms with E-state index in [1.807, 2.05) is 0 Å². The van der Waals surface area contributed by atoms with Crippen molar-refractivity contribution < 1.29 is 23.1 Å². The zero-order valence-corrected chi connectivity index (χ0v) is 12.5. The third-order valence-electron chi connectivity index (χ3n) is 2.79. The summed E-state index contributed by atoms with van der Waals surface area (Å²) in [5.74, 6) is -0.532. The normalized spacial score (nSPS) is 12.8. The summed E-state index contributed by atoms with van der Waals surface area (Å²) >= 11 is 0. The minimum absolute atomic E-state index is 0.0239. The van der Waals surface area contributed by atoms with Crippen LogP contribution in [0.25, 0.3) is 0 Å². The molecule has 1 atom stereocenters. The van der Waals surface area contributed by atoms with Crippen LogP contribution in [0.5, 0.6) is 5.75 Å². The molecule has 0 bridgehead atoms. The molecule has 1 unspecified atom stereocenters. The first-order valence-corrected chi connectivity index (χ1v) is 7.99. The molecule has 0 fully saturated rings. The van der Waals surface area contributed by atoms with E-state index in [-0.39, 0.29) is 23.1 Å². The summed E-state index contributed by atoms with van der Waals surface area (Å²) < 4.78 is 28.3.